The maximum atomic E-state index is 12.1. The van der Waals surface area contributed by atoms with Gasteiger partial charge in [-0.3, -0.25) is 9.59 Å². The van der Waals surface area contributed by atoms with Gasteiger partial charge in [0.1, 0.15) is 6.04 Å². The Morgan fingerprint density at radius 2 is 1.83 bits per heavy atom. The SMILES string of the molecule is C[C@H](NC(=O)c1ccccc1Cl)C(=O)NCCc1cccc(Cl)c1. The van der Waals surface area contributed by atoms with Crippen LogP contribution in [0.5, 0.6) is 0 Å². The minimum Gasteiger partial charge on any atom is -0.354 e. The van der Waals surface area contributed by atoms with E-state index < -0.39 is 6.04 Å². The number of hydrogen-bond donors (Lipinski definition) is 2. The molecule has 0 aliphatic rings. The third-order valence-electron chi connectivity index (χ3n) is 3.46. The number of halogens is 2. The van der Waals surface area contributed by atoms with Crippen molar-refractivity contribution in [1.82, 2.24) is 10.6 Å². The number of rotatable bonds is 6. The highest BCUT2D eigenvalue weighted by atomic mass is 35.5. The zero-order valence-corrected chi connectivity index (χ0v) is 14.7. The van der Waals surface area contributed by atoms with Crippen molar-refractivity contribution in [1.29, 1.82) is 0 Å². The zero-order valence-electron chi connectivity index (χ0n) is 13.2. The van der Waals surface area contributed by atoms with E-state index in [1.165, 1.54) is 0 Å². The van der Waals surface area contributed by atoms with Crippen molar-refractivity contribution in [2.24, 2.45) is 0 Å². The van der Waals surface area contributed by atoms with Gasteiger partial charge in [-0.15, -0.1) is 0 Å². The molecule has 6 heteroatoms. The van der Waals surface area contributed by atoms with Crippen molar-refractivity contribution in [3.8, 4) is 0 Å². The Balaban J connectivity index is 1.82. The zero-order chi connectivity index (χ0) is 17.5. The molecule has 0 aliphatic heterocycles. The monoisotopic (exact) mass is 364 g/mol. The smallest absolute Gasteiger partial charge is 0.253 e. The molecule has 0 heterocycles. The summed E-state index contributed by atoms with van der Waals surface area (Å²) in [5.74, 6) is -0.629. The van der Waals surface area contributed by atoms with Crippen LogP contribution in [0.1, 0.15) is 22.8 Å². The van der Waals surface area contributed by atoms with E-state index >= 15 is 0 Å². The molecule has 0 radical (unpaired) electrons. The van der Waals surface area contributed by atoms with E-state index in [2.05, 4.69) is 10.6 Å². The van der Waals surface area contributed by atoms with Crippen LogP contribution in [0.2, 0.25) is 10.0 Å². The third-order valence-corrected chi connectivity index (χ3v) is 4.03. The van der Waals surface area contributed by atoms with Gasteiger partial charge in [0.05, 0.1) is 10.6 Å². The molecule has 4 nitrogen and oxygen atoms in total. The second-order valence-corrected chi connectivity index (χ2v) is 6.19. The molecule has 1 atom stereocenters. The van der Waals surface area contributed by atoms with E-state index in [1.807, 2.05) is 18.2 Å². The first-order valence-electron chi connectivity index (χ1n) is 7.55. The van der Waals surface area contributed by atoms with Crippen molar-refractivity contribution in [2.75, 3.05) is 6.54 Å². The highest BCUT2D eigenvalue weighted by Crippen LogP contribution is 2.14. The summed E-state index contributed by atoms with van der Waals surface area (Å²) in [4.78, 5) is 24.2. The van der Waals surface area contributed by atoms with Gasteiger partial charge in [0.15, 0.2) is 0 Å². The van der Waals surface area contributed by atoms with Crippen molar-refractivity contribution >= 4 is 35.0 Å². The quantitative estimate of drug-likeness (QED) is 0.824. The van der Waals surface area contributed by atoms with Crippen LogP contribution >= 0.6 is 23.2 Å². The van der Waals surface area contributed by atoms with Gasteiger partial charge in [0, 0.05) is 11.6 Å². The van der Waals surface area contributed by atoms with Crippen LogP contribution in [-0.2, 0) is 11.2 Å². The standard InChI is InChI=1S/C18H18Cl2N2O2/c1-12(22-18(24)15-7-2-3-8-16(15)20)17(23)21-10-9-13-5-4-6-14(19)11-13/h2-8,11-12H,9-10H2,1H3,(H,21,23)(H,22,24)/t12-/m0/s1. The van der Waals surface area contributed by atoms with E-state index in [1.54, 1.807) is 37.3 Å². The van der Waals surface area contributed by atoms with E-state index in [0.29, 0.717) is 28.6 Å². The highest BCUT2D eigenvalue weighted by Gasteiger charge is 2.17. The fourth-order valence-corrected chi connectivity index (χ4v) is 2.60. The van der Waals surface area contributed by atoms with Gasteiger partial charge in [-0.2, -0.15) is 0 Å². The van der Waals surface area contributed by atoms with Gasteiger partial charge in [0.2, 0.25) is 5.91 Å². The average Bonchev–Trinajstić information content (AvgIpc) is 2.55. The second-order valence-electron chi connectivity index (χ2n) is 5.35. The molecule has 2 aromatic carbocycles. The summed E-state index contributed by atoms with van der Waals surface area (Å²) in [5.41, 5.74) is 1.38. The van der Waals surface area contributed by atoms with Crippen LogP contribution in [0, 0.1) is 0 Å². The molecule has 2 N–H and O–H groups in total. The van der Waals surface area contributed by atoms with Crippen molar-refractivity contribution in [2.45, 2.75) is 19.4 Å². The number of benzene rings is 2. The minimum atomic E-state index is -0.659. The van der Waals surface area contributed by atoms with Crippen LogP contribution in [-0.4, -0.2) is 24.4 Å². The van der Waals surface area contributed by atoms with Crippen LogP contribution in [0.4, 0.5) is 0 Å². The normalized spacial score (nSPS) is 11.6. The maximum Gasteiger partial charge on any atom is 0.253 e. The maximum absolute atomic E-state index is 12.1. The Bertz CT molecular complexity index is 734. The van der Waals surface area contributed by atoms with Crippen LogP contribution in [0.3, 0.4) is 0 Å². The molecule has 2 aromatic rings. The van der Waals surface area contributed by atoms with Gasteiger partial charge >= 0.3 is 0 Å². The number of carbonyl (C=O) groups excluding carboxylic acids is 2. The summed E-state index contributed by atoms with van der Waals surface area (Å²) in [5, 5.41) is 6.45. The summed E-state index contributed by atoms with van der Waals surface area (Å²) in [6.07, 6.45) is 0.664. The highest BCUT2D eigenvalue weighted by molar-refractivity contribution is 6.33. The van der Waals surface area contributed by atoms with Crippen molar-refractivity contribution in [3.05, 3.63) is 69.7 Å². The summed E-state index contributed by atoms with van der Waals surface area (Å²) >= 11 is 11.9. The molecule has 0 aliphatic carbocycles. The van der Waals surface area contributed by atoms with Crippen LogP contribution < -0.4 is 10.6 Å². The van der Waals surface area contributed by atoms with Gasteiger partial charge in [-0.05, 0) is 43.2 Å². The molecule has 0 saturated heterocycles. The lowest BCUT2D eigenvalue weighted by molar-refractivity contribution is -0.122. The van der Waals surface area contributed by atoms with Gasteiger partial charge in [0.25, 0.3) is 5.91 Å². The molecule has 0 fully saturated rings. The van der Waals surface area contributed by atoms with Crippen LogP contribution in [0.25, 0.3) is 0 Å². The van der Waals surface area contributed by atoms with E-state index in [9.17, 15) is 9.59 Å². The average molecular weight is 365 g/mol. The molecule has 2 amide bonds. The predicted octanol–water partition coefficient (Wildman–Crippen LogP) is 3.47. The molecule has 0 aromatic heterocycles. The number of amides is 2. The summed E-state index contributed by atoms with van der Waals surface area (Å²) in [6, 6.07) is 13.5. The van der Waals surface area contributed by atoms with Crippen molar-refractivity contribution < 1.29 is 9.59 Å². The largest absolute Gasteiger partial charge is 0.354 e. The molecule has 24 heavy (non-hydrogen) atoms. The molecule has 126 valence electrons. The number of hydrogen-bond acceptors (Lipinski definition) is 2. The Kier molecular flexibility index (Phi) is 6.64. The molecule has 0 unspecified atom stereocenters. The topological polar surface area (TPSA) is 58.2 Å². The summed E-state index contributed by atoms with van der Waals surface area (Å²) in [6.45, 7) is 2.09. The first kappa shape index (κ1) is 18.3. The van der Waals surface area contributed by atoms with E-state index in [4.69, 9.17) is 23.2 Å². The van der Waals surface area contributed by atoms with Crippen molar-refractivity contribution in [3.63, 3.8) is 0 Å². The Morgan fingerprint density at radius 3 is 2.54 bits per heavy atom. The van der Waals surface area contributed by atoms with Gasteiger partial charge < -0.3 is 10.6 Å². The summed E-state index contributed by atoms with van der Waals surface area (Å²) < 4.78 is 0. The number of carbonyl (C=O) groups is 2. The molecule has 2 rings (SSSR count). The fraction of sp³-hybridized carbons (Fsp3) is 0.222. The molecule has 0 saturated carbocycles. The second kappa shape index (κ2) is 8.71. The predicted molar refractivity (Wildman–Crippen MR) is 96.5 cm³/mol. The fourth-order valence-electron chi connectivity index (χ4n) is 2.16. The Hall–Kier alpha value is -2.04. The van der Waals surface area contributed by atoms with Gasteiger partial charge in [-0.25, -0.2) is 0 Å². The van der Waals surface area contributed by atoms with Gasteiger partial charge in [-0.1, -0.05) is 47.5 Å². The minimum absolute atomic E-state index is 0.252. The first-order chi connectivity index (χ1) is 11.5. The summed E-state index contributed by atoms with van der Waals surface area (Å²) in [7, 11) is 0. The number of nitrogens with one attached hydrogen (secondary N) is 2. The molecule has 0 bridgehead atoms. The lowest BCUT2D eigenvalue weighted by Gasteiger charge is -2.14. The molecule has 0 spiro atoms. The Morgan fingerprint density at radius 1 is 1.08 bits per heavy atom. The molecular weight excluding hydrogens is 347 g/mol. The first-order valence-corrected chi connectivity index (χ1v) is 8.30. The van der Waals surface area contributed by atoms with Crippen LogP contribution in [0.15, 0.2) is 48.5 Å². The molecular formula is C18H18Cl2N2O2. The lowest BCUT2D eigenvalue weighted by Crippen LogP contribution is -2.45. The van der Waals surface area contributed by atoms with E-state index in [-0.39, 0.29) is 11.8 Å². The third kappa shape index (κ3) is 5.25. The lowest BCUT2D eigenvalue weighted by atomic mass is 10.1. The van der Waals surface area contributed by atoms with E-state index in [0.717, 1.165) is 5.56 Å². The Labute approximate surface area is 151 Å².